The second-order valence-electron chi connectivity index (χ2n) is 17.4. The first-order valence-electron chi connectivity index (χ1n) is 20.4. The van der Waals surface area contributed by atoms with Gasteiger partial charge in [0, 0.05) is 33.7 Å². The van der Waals surface area contributed by atoms with Crippen molar-refractivity contribution in [1.29, 1.82) is 0 Å². The van der Waals surface area contributed by atoms with Crippen LogP contribution in [-0.2, 0) is 24.4 Å². The molecule has 3 amide bonds. The Morgan fingerprint density at radius 1 is 1.03 bits per heavy atom. The van der Waals surface area contributed by atoms with Gasteiger partial charge in [0.2, 0.25) is 27.7 Å². The van der Waals surface area contributed by atoms with Crippen LogP contribution in [0.4, 0.5) is 10.1 Å². The van der Waals surface area contributed by atoms with E-state index < -0.39 is 73.9 Å². The highest BCUT2D eigenvalue weighted by Crippen LogP contribution is 2.46. The molecular weight excluding hydrogens is 820 g/mol. The molecule has 1 saturated heterocycles. The lowest BCUT2D eigenvalue weighted by atomic mass is 9.85. The minimum absolute atomic E-state index is 0.00553. The maximum atomic E-state index is 14.9. The fraction of sp³-hybridized carbons (Fsp3) is 0.400. The van der Waals surface area contributed by atoms with Crippen LogP contribution in [0.1, 0.15) is 60.3 Å². The predicted molar refractivity (Wildman–Crippen MR) is 233 cm³/mol. The summed E-state index contributed by atoms with van der Waals surface area (Å²) in [5.41, 5.74) is -0.507. The SMILES string of the molecule is C=C[C@@H]1C[C@]1(NC(=O)[C@@H]1C[C@@H](Oc2nc(-c3ccc(OC(C)C)cc3)nc3c2sc2ccccc23)CN1C(=O)[C@@H](Nc1cccc(F)c1)C(C)(C)C)C(=O)NS(=O)(=O)C1CC1. The van der Waals surface area contributed by atoms with Gasteiger partial charge >= 0.3 is 0 Å². The van der Waals surface area contributed by atoms with Gasteiger partial charge in [-0.15, -0.1) is 17.9 Å². The Labute approximate surface area is 358 Å². The van der Waals surface area contributed by atoms with Crippen molar-refractivity contribution in [3.63, 3.8) is 0 Å². The predicted octanol–water partition coefficient (Wildman–Crippen LogP) is 6.98. The van der Waals surface area contributed by atoms with E-state index in [9.17, 15) is 27.2 Å². The number of nitrogens with one attached hydrogen (secondary N) is 3. The van der Waals surface area contributed by atoms with Crippen LogP contribution in [0.2, 0.25) is 0 Å². The van der Waals surface area contributed by atoms with E-state index in [0.29, 0.717) is 40.3 Å². The number of nitrogens with zero attached hydrogens (tertiary/aromatic N) is 3. The highest BCUT2D eigenvalue weighted by Gasteiger charge is 2.62. The van der Waals surface area contributed by atoms with Crippen LogP contribution in [0, 0.1) is 17.2 Å². The van der Waals surface area contributed by atoms with E-state index in [0.717, 1.165) is 15.6 Å². The van der Waals surface area contributed by atoms with Crippen LogP contribution in [0.15, 0.2) is 85.5 Å². The molecule has 3 heterocycles. The number of aromatic nitrogens is 2. The number of hydrogen-bond acceptors (Lipinski definition) is 11. The van der Waals surface area contributed by atoms with Gasteiger partial charge < -0.3 is 25.0 Å². The first-order valence-corrected chi connectivity index (χ1v) is 22.8. The summed E-state index contributed by atoms with van der Waals surface area (Å²) in [6.45, 7) is 13.3. The average Bonchev–Trinajstić information content (AvgIpc) is 4.11. The van der Waals surface area contributed by atoms with Crippen molar-refractivity contribution in [2.24, 2.45) is 11.3 Å². The standard InChI is InChI=1S/C45H49FN6O7S2/c1-7-27-23-45(27,43(55)51-61(56,57)32-19-20-32)50-40(53)34-22-31(24-52(34)42(54)38(44(4,5)6)47-29-12-10-11-28(46)21-29)59-41-37-36(33-13-8-9-14-35(33)60-37)48-39(49-41)26-15-17-30(18-16-26)58-25(2)3/h7-18,21,25,27,31-32,34,38,47H,1,19-20,22-24H2,2-6H3,(H,50,53)(H,51,55)/t27-,31-,34+,38-,45-/m1/s1. The number of anilines is 1. The minimum Gasteiger partial charge on any atom is -0.491 e. The Bertz CT molecular complexity index is 2640. The monoisotopic (exact) mass is 868 g/mol. The Balaban J connectivity index is 1.15. The lowest BCUT2D eigenvalue weighted by Gasteiger charge is -2.36. The lowest BCUT2D eigenvalue weighted by Crippen LogP contribution is -2.58. The topological polar surface area (TPSA) is 169 Å². The zero-order chi connectivity index (χ0) is 43.4. The maximum Gasteiger partial charge on any atom is 0.259 e. The number of carbonyl (C=O) groups excluding carboxylic acids is 3. The smallest absolute Gasteiger partial charge is 0.259 e. The third kappa shape index (κ3) is 8.65. The molecule has 3 aliphatic rings. The van der Waals surface area contributed by atoms with Crippen LogP contribution in [0.5, 0.6) is 11.6 Å². The van der Waals surface area contributed by atoms with E-state index >= 15 is 0 Å². The number of benzene rings is 3. The summed E-state index contributed by atoms with van der Waals surface area (Å²) in [6, 6.07) is 19.0. The van der Waals surface area contributed by atoms with Crippen molar-refractivity contribution in [3.05, 3.63) is 91.3 Å². The number of fused-ring (bicyclic) bond motifs is 3. The van der Waals surface area contributed by atoms with Crippen molar-refractivity contribution in [1.82, 2.24) is 24.9 Å². The highest BCUT2D eigenvalue weighted by atomic mass is 32.2. The number of rotatable bonds is 14. The Kier molecular flexibility index (Phi) is 11.1. The highest BCUT2D eigenvalue weighted by molar-refractivity contribution is 7.91. The van der Waals surface area contributed by atoms with Crippen molar-refractivity contribution >= 4 is 65.1 Å². The molecule has 0 unspecified atom stereocenters. The Hall–Kier alpha value is -5.61. The second kappa shape index (κ2) is 16.0. The molecule has 2 aromatic heterocycles. The number of halogens is 1. The number of amides is 3. The largest absolute Gasteiger partial charge is 0.491 e. The molecule has 0 radical (unpaired) electrons. The van der Waals surface area contributed by atoms with E-state index in [1.54, 1.807) is 6.07 Å². The molecule has 320 valence electrons. The number of ether oxygens (including phenoxy) is 2. The van der Waals surface area contributed by atoms with E-state index in [2.05, 4.69) is 21.9 Å². The molecule has 3 N–H and O–H groups in total. The third-order valence-corrected chi connectivity index (χ3v) is 14.3. The van der Waals surface area contributed by atoms with Gasteiger partial charge in [-0.25, -0.2) is 17.8 Å². The first kappa shape index (κ1) is 42.1. The molecule has 1 aliphatic heterocycles. The molecule has 5 aromatic rings. The maximum absolute atomic E-state index is 14.9. The van der Waals surface area contributed by atoms with Crippen LogP contribution in [0.25, 0.3) is 31.7 Å². The van der Waals surface area contributed by atoms with Gasteiger partial charge in [-0.1, -0.05) is 51.1 Å². The van der Waals surface area contributed by atoms with Crippen molar-refractivity contribution < 1.29 is 36.7 Å². The average molecular weight is 869 g/mol. The molecule has 2 saturated carbocycles. The molecule has 16 heteroatoms. The summed E-state index contributed by atoms with van der Waals surface area (Å²) >= 11 is 1.47. The molecule has 8 rings (SSSR count). The van der Waals surface area contributed by atoms with Crippen LogP contribution >= 0.6 is 11.3 Å². The molecule has 3 aromatic carbocycles. The summed E-state index contributed by atoms with van der Waals surface area (Å²) in [5.74, 6) is -1.57. The zero-order valence-electron chi connectivity index (χ0n) is 34.6. The van der Waals surface area contributed by atoms with Crippen molar-refractivity contribution in [2.45, 2.75) is 95.4 Å². The zero-order valence-corrected chi connectivity index (χ0v) is 36.2. The number of sulfonamides is 1. The van der Waals surface area contributed by atoms with Gasteiger partial charge in [-0.05, 0) is 87.1 Å². The molecule has 0 bridgehead atoms. The van der Waals surface area contributed by atoms with E-state index in [1.165, 1.54) is 40.5 Å². The van der Waals surface area contributed by atoms with Gasteiger partial charge in [0.15, 0.2) is 5.82 Å². The summed E-state index contributed by atoms with van der Waals surface area (Å²) in [5, 5.41) is 6.32. The number of hydrogen-bond donors (Lipinski definition) is 3. The van der Waals surface area contributed by atoms with E-state index in [4.69, 9.17) is 19.4 Å². The van der Waals surface area contributed by atoms with Gasteiger partial charge in [0.1, 0.15) is 40.0 Å². The molecule has 0 spiro atoms. The number of carbonyl (C=O) groups is 3. The third-order valence-electron chi connectivity index (χ3n) is 11.3. The molecular formula is C45H49FN6O7S2. The number of likely N-dealkylation sites (tertiary alicyclic amines) is 1. The molecule has 3 fully saturated rings. The molecule has 61 heavy (non-hydrogen) atoms. The normalized spacial score (nSPS) is 21.9. The van der Waals surface area contributed by atoms with Gasteiger partial charge in [-0.3, -0.25) is 19.1 Å². The summed E-state index contributed by atoms with van der Waals surface area (Å²) in [4.78, 5) is 54.5. The lowest BCUT2D eigenvalue weighted by molar-refractivity contribution is -0.141. The van der Waals surface area contributed by atoms with E-state index in [-0.39, 0.29) is 31.4 Å². The second-order valence-corrected chi connectivity index (χ2v) is 20.5. The van der Waals surface area contributed by atoms with Crippen molar-refractivity contribution in [2.75, 3.05) is 11.9 Å². The van der Waals surface area contributed by atoms with Crippen molar-refractivity contribution in [3.8, 4) is 23.0 Å². The van der Waals surface area contributed by atoms with Gasteiger partial charge in [-0.2, -0.15) is 4.98 Å². The summed E-state index contributed by atoms with van der Waals surface area (Å²) in [6.07, 6.45) is 1.80. The molecule has 5 atom stereocenters. The Morgan fingerprint density at radius 2 is 1.77 bits per heavy atom. The molecule has 2 aliphatic carbocycles. The van der Waals surface area contributed by atoms with E-state index in [1.807, 2.05) is 83.1 Å². The van der Waals surface area contributed by atoms with Crippen LogP contribution in [0.3, 0.4) is 0 Å². The fourth-order valence-electron chi connectivity index (χ4n) is 7.84. The van der Waals surface area contributed by atoms with Crippen LogP contribution < -0.4 is 24.8 Å². The fourth-order valence-corrected chi connectivity index (χ4v) is 10.3. The first-order chi connectivity index (χ1) is 29.0. The summed E-state index contributed by atoms with van der Waals surface area (Å²) in [7, 11) is -3.92. The quantitative estimate of drug-likeness (QED) is 0.0991. The summed E-state index contributed by atoms with van der Waals surface area (Å²) < 4.78 is 56.5. The van der Waals surface area contributed by atoms with Gasteiger partial charge in [0.05, 0.1) is 23.4 Å². The van der Waals surface area contributed by atoms with Gasteiger partial charge in [0.25, 0.3) is 5.91 Å². The Morgan fingerprint density at radius 3 is 2.43 bits per heavy atom. The van der Waals surface area contributed by atoms with Crippen LogP contribution in [-0.4, -0.2) is 82.6 Å². The molecule has 13 nitrogen and oxygen atoms in total. The number of thiophene rings is 1. The minimum atomic E-state index is -3.92.